The predicted molar refractivity (Wildman–Crippen MR) is 74.4 cm³/mol. The van der Waals surface area contributed by atoms with E-state index in [1.165, 1.54) is 17.5 Å². The average molecular weight is 243 g/mol. The molecule has 0 aliphatic heterocycles. The first-order valence-electron chi connectivity index (χ1n) is 6.63. The lowest BCUT2D eigenvalue weighted by molar-refractivity contribution is 0.666. The number of rotatable bonds is 7. The van der Waals surface area contributed by atoms with Gasteiger partial charge in [0, 0.05) is 37.9 Å². The molecule has 0 fully saturated rings. The Balaban J connectivity index is 1.68. The lowest BCUT2D eigenvalue weighted by Crippen LogP contribution is -2.16. The monoisotopic (exact) mass is 243 g/mol. The van der Waals surface area contributed by atoms with E-state index < -0.39 is 0 Å². The SMILES string of the molecule is CCCn1ccc(CNCCc2ccncc2)c1. The highest BCUT2D eigenvalue weighted by atomic mass is 14.9. The van der Waals surface area contributed by atoms with Gasteiger partial charge < -0.3 is 9.88 Å². The van der Waals surface area contributed by atoms with Crippen molar-refractivity contribution in [1.29, 1.82) is 0 Å². The van der Waals surface area contributed by atoms with Crippen molar-refractivity contribution < 1.29 is 0 Å². The number of hydrogen-bond acceptors (Lipinski definition) is 2. The molecule has 0 bridgehead atoms. The van der Waals surface area contributed by atoms with Gasteiger partial charge in [-0.1, -0.05) is 6.92 Å². The molecule has 0 radical (unpaired) electrons. The van der Waals surface area contributed by atoms with Crippen LogP contribution >= 0.6 is 0 Å². The fourth-order valence-corrected chi connectivity index (χ4v) is 2.01. The van der Waals surface area contributed by atoms with E-state index in [-0.39, 0.29) is 0 Å². The van der Waals surface area contributed by atoms with E-state index >= 15 is 0 Å². The summed E-state index contributed by atoms with van der Waals surface area (Å²) in [5.41, 5.74) is 2.69. The molecular formula is C15H21N3. The van der Waals surface area contributed by atoms with Crippen LogP contribution in [0.4, 0.5) is 0 Å². The van der Waals surface area contributed by atoms with Crippen LogP contribution in [-0.2, 0) is 19.5 Å². The second-order valence-electron chi connectivity index (χ2n) is 4.54. The lowest BCUT2D eigenvalue weighted by Gasteiger charge is -2.03. The molecule has 0 saturated heterocycles. The zero-order valence-corrected chi connectivity index (χ0v) is 11.0. The molecule has 2 rings (SSSR count). The largest absolute Gasteiger partial charge is 0.354 e. The van der Waals surface area contributed by atoms with Gasteiger partial charge in [0.15, 0.2) is 0 Å². The van der Waals surface area contributed by atoms with Gasteiger partial charge in [0.2, 0.25) is 0 Å². The molecule has 18 heavy (non-hydrogen) atoms. The van der Waals surface area contributed by atoms with Crippen LogP contribution < -0.4 is 5.32 Å². The Labute approximate surface area is 109 Å². The van der Waals surface area contributed by atoms with Gasteiger partial charge in [-0.2, -0.15) is 0 Å². The van der Waals surface area contributed by atoms with Crippen LogP contribution in [0.3, 0.4) is 0 Å². The molecule has 0 spiro atoms. The predicted octanol–water partition coefficient (Wildman–Crippen LogP) is 2.63. The fourth-order valence-electron chi connectivity index (χ4n) is 2.01. The zero-order chi connectivity index (χ0) is 12.6. The molecule has 3 nitrogen and oxygen atoms in total. The summed E-state index contributed by atoms with van der Waals surface area (Å²) < 4.78 is 2.25. The molecule has 0 aromatic carbocycles. The number of aromatic nitrogens is 2. The summed E-state index contributed by atoms with van der Waals surface area (Å²) in [6, 6.07) is 6.33. The highest BCUT2D eigenvalue weighted by Gasteiger charge is 1.96. The molecule has 2 heterocycles. The Morgan fingerprint density at radius 2 is 2.00 bits per heavy atom. The number of nitrogens with one attached hydrogen (secondary N) is 1. The van der Waals surface area contributed by atoms with E-state index in [2.05, 4.69) is 52.4 Å². The summed E-state index contributed by atoms with van der Waals surface area (Å²) in [5.74, 6) is 0. The van der Waals surface area contributed by atoms with Crippen molar-refractivity contribution in [3.8, 4) is 0 Å². The third kappa shape index (κ3) is 4.00. The summed E-state index contributed by atoms with van der Waals surface area (Å²) in [5, 5.41) is 3.47. The molecule has 3 heteroatoms. The van der Waals surface area contributed by atoms with Crippen LogP contribution in [0.25, 0.3) is 0 Å². The minimum Gasteiger partial charge on any atom is -0.354 e. The van der Waals surface area contributed by atoms with Crippen LogP contribution in [0.5, 0.6) is 0 Å². The van der Waals surface area contributed by atoms with E-state index in [9.17, 15) is 0 Å². The summed E-state index contributed by atoms with van der Waals surface area (Å²) in [6.45, 7) is 5.26. The van der Waals surface area contributed by atoms with Gasteiger partial charge in [-0.05, 0) is 48.7 Å². The topological polar surface area (TPSA) is 29.9 Å². The first kappa shape index (κ1) is 12.8. The van der Waals surface area contributed by atoms with Gasteiger partial charge in [-0.25, -0.2) is 0 Å². The van der Waals surface area contributed by atoms with Crippen molar-refractivity contribution in [2.75, 3.05) is 6.54 Å². The van der Waals surface area contributed by atoms with Crippen LogP contribution in [0.15, 0.2) is 43.0 Å². The smallest absolute Gasteiger partial charge is 0.0270 e. The van der Waals surface area contributed by atoms with Gasteiger partial charge >= 0.3 is 0 Å². The normalized spacial score (nSPS) is 10.7. The maximum atomic E-state index is 4.02. The molecule has 0 unspecified atom stereocenters. The second kappa shape index (κ2) is 6.97. The molecule has 0 saturated carbocycles. The Morgan fingerprint density at radius 1 is 1.17 bits per heavy atom. The third-order valence-corrected chi connectivity index (χ3v) is 2.96. The minimum absolute atomic E-state index is 0.946. The van der Waals surface area contributed by atoms with Gasteiger partial charge in [0.25, 0.3) is 0 Å². The van der Waals surface area contributed by atoms with Crippen LogP contribution in [-0.4, -0.2) is 16.1 Å². The van der Waals surface area contributed by atoms with Crippen molar-refractivity contribution in [1.82, 2.24) is 14.9 Å². The van der Waals surface area contributed by atoms with Crippen molar-refractivity contribution in [2.24, 2.45) is 0 Å². The highest BCUT2D eigenvalue weighted by molar-refractivity contribution is 5.11. The summed E-state index contributed by atoms with van der Waals surface area (Å²) >= 11 is 0. The van der Waals surface area contributed by atoms with Crippen LogP contribution in [0.2, 0.25) is 0 Å². The number of aryl methyl sites for hydroxylation is 1. The van der Waals surface area contributed by atoms with Gasteiger partial charge in [-0.15, -0.1) is 0 Å². The van der Waals surface area contributed by atoms with Crippen molar-refractivity contribution in [3.05, 3.63) is 54.1 Å². The Hall–Kier alpha value is -1.61. The summed E-state index contributed by atoms with van der Waals surface area (Å²) in [4.78, 5) is 4.02. The molecule has 96 valence electrons. The van der Waals surface area contributed by atoms with Crippen molar-refractivity contribution in [2.45, 2.75) is 32.9 Å². The maximum Gasteiger partial charge on any atom is 0.0270 e. The summed E-state index contributed by atoms with van der Waals surface area (Å²) in [6.07, 6.45) is 10.3. The fraction of sp³-hybridized carbons (Fsp3) is 0.400. The van der Waals surface area contributed by atoms with E-state index in [4.69, 9.17) is 0 Å². The third-order valence-electron chi connectivity index (χ3n) is 2.96. The molecule has 2 aromatic rings. The maximum absolute atomic E-state index is 4.02. The van der Waals surface area contributed by atoms with E-state index in [0.717, 1.165) is 26.1 Å². The Bertz CT molecular complexity index is 448. The average Bonchev–Trinajstić information content (AvgIpc) is 2.84. The quantitative estimate of drug-likeness (QED) is 0.758. The van der Waals surface area contributed by atoms with Crippen molar-refractivity contribution >= 4 is 0 Å². The molecule has 0 amide bonds. The number of pyridine rings is 1. The van der Waals surface area contributed by atoms with Crippen LogP contribution in [0, 0.1) is 0 Å². The number of nitrogens with zero attached hydrogens (tertiary/aromatic N) is 2. The highest BCUT2D eigenvalue weighted by Crippen LogP contribution is 2.02. The Kier molecular flexibility index (Phi) is 4.97. The molecule has 0 atom stereocenters. The van der Waals surface area contributed by atoms with Crippen LogP contribution in [0.1, 0.15) is 24.5 Å². The molecular weight excluding hydrogens is 222 g/mol. The van der Waals surface area contributed by atoms with E-state index in [1.54, 1.807) is 0 Å². The second-order valence-corrected chi connectivity index (χ2v) is 4.54. The van der Waals surface area contributed by atoms with E-state index in [0.29, 0.717) is 0 Å². The molecule has 1 N–H and O–H groups in total. The molecule has 0 aliphatic carbocycles. The Morgan fingerprint density at radius 3 is 2.78 bits per heavy atom. The minimum atomic E-state index is 0.946. The first-order valence-corrected chi connectivity index (χ1v) is 6.63. The molecule has 0 aliphatic rings. The van der Waals surface area contributed by atoms with Gasteiger partial charge in [0.05, 0.1) is 0 Å². The van der Waals surface area contributed by atoms with Gasteiger partial charge in [-0.3, -0.25) is 4.98 Å². The summed E-state index contributed by atoms with van der Waals surface area (Å²) in [7, 11) is 0. The lowest BCUT2D eigenvalue weighted by atomic mass is 10.2. The van der Waals surface area contributed by atoms with Crippen molar-refractivity contribution in [3.63, 3.8) is 0 Å². The molecule has 2 aromatic heterocycles. The first-order chi connectivity index (χ1) is 8.88. The zero-order valence-electron chi connectivity index (χ0n) is 11.0. The number of hydrogen-bond donors (Lipinski definition) is 1. The van der Waals surface area contributed by atoms with Gasteiger partial charge in [0.1, 0.15) is 0 Å². The standard InChI is InChI=1S/C15H21N3/c1-2-10-18-11-6-15(13-18)12-17-9-5-14-3-7-16-8-4-14/h3-4,6-8,11,13,17H,2,5,9-10,12H2,1H3. The van der Waals surface area contributed by atoms with E-state index in [1.807, 2.05) is 12.4 Å².